The van der Waals surface area contributed by atoms with E-state index in [0.717, 1.165) is 5.75 Å². The van der Waals surface area contributed by atoms with Gasteiger partial charge in [-0.1, -0.05) is 18.2 Å². The average molecular weight is 274 g/mol. The Labute approximate surface area is 118 Å². The van der Waals surface area contributed by atoms with Gasteiger partial charge in [0.15, 0.2) is 0 Å². The zero-order valence-corrected chi connectivity index (χ0v) is 11.6. The Bertz CT molecular complexity index is 536. The lowest BCUT2D eigenvalue weighted by molar-refractivity contribution is 0.105. The first-order valence-electron chi connectivity index (χ1n) is 6.32. The van der Waals surface area contributed by atoms with Crippen LogP contribution in [0.5, 0.6) is 17.2 Å². The van der Waals surface area contributed by atoms with Crippen LogP contribution < -0.4 is 14.2 Å². The minimum absolute atomic E-state index is 0.159. The van der Waals surface area contributed by atoms with Crippen LogP contribution in [0.25, 0.3) is 0 Å². The smallest absolute Gasteiger partial charge is 0.124 e. The predicted molar refractivity (Wildman–Crippen MR) is 76.4 cm³/mol. The van der Waals surface area contributed by atoms with Crippen LogP contribution in [0, 0.1) is 0 Å². The molecule has 1 N–H and O–H groups in total. The third-order valence-corrected chi connectivity index (χ3v) is 2.97. The van der Waals surface area contributed by atoms with Crippen molar-refractivity contribution in [3.05, 3.63) is 54.1 Å². The lowest BCUT2D eigenvalue weighted by Crippen LogP contribution is -2.10. The van der Waals surface area contributed by atoms with Crippen LogP contribution in [0.4, 0.5) is 0 Å². The summed E-state index contributed by atoms with van der Waals surface area (Å²) in [6, 6.07) is 14.6. The number of benzene rings is 2. The summed E-state index contributed by atoms with van der Waals surface area (Å²) in [4.78, 5) is 0. The second-order valence-electron chi connectivity index (χ2n) is 4.24. The largest absolute Gasteiger partial charge is 0.497 e. The summed E-state index contributed by atoms with van der Waals surface area (Å²) < 4.78 is 15.8. The van der Waals surface area contributed by atoms with E-state index < -0.39 is 6.10 Å². The summed E-state index contributed by atoms with van der Waals surface area (Å²) in [5, 5.41) is 10.2. The van der Waals surface area contributed by atoms with Crippen molar-refractivity contribution in [3.8, 4) is 17.2 Å². The standard InChI is InChI=1S/C16H18O4/c1-18-12-7-9-13(10-8-12)20-11-15(17)14-5-3-4-6-16(14)19-2/h3-10,15,17H,11H2,1-2H3. The van der Waals surface area contributed by atoms with Gasteiger partial charge in [0, 0.05) is 5.56 Å². The highest BCUT2D eigenvalue weighted by atomic mass is 16.5. The number of aliphatic hydroxyl groups excluding tert-OH is 1. The molecule has 20 heavy (non-hydrogen) atoms. The molecule has 1 unspecified atom stereocenters. The summed E-state index contributed by atoms with van der Waals surface area (Å²) >= 11 is 0. The van der Waals surface area contributed by atoms with Gasteiger partial charge in [-0.05, 0) is 30.3 Å². The lowest BCUT2D eigenvalue weighted by Gasteiger charge is -2.15. The molecule has 0 aromatic heterocycles. The fraction of sp³-hybridized carbons (Fsp3) is 0.250. The molecule has 0 bridgehead atoms. The maximum atomic E-state index is 10.2. The first-order valence-corrected chi connectivity index (χ1v) is 6.32. The zero-order chi connectivity index (χ0) is 14.4. The second-order valence-corrected chi connectivity index (χ2v) is 4.24. The highest BCUT2D eigenvalue weighted by molar-refractivity contribution is 5.35. The molecule has 0 aliphatic carbocycles. The molecule has 4 nitrogen and oxygen atoms in total. The maximum absolute atomic E-state index is 10.2. The monoisotopic (exact) mass is 274 g/mol. The number of rotatable bonds is 6. The topological polar surface area (TPSA) is 47.9 Å². The molecule has 4 heteroatoms. The van der Waals surface area contributed by atoms with E-state index in [0.29, 0.717) is 17.1 Å². The molecule has 0 fully saturated rings. The van der Waals surface area contributed by atoms with E-state index in [1.54, 1.807) is 26.4 Å². The average Bonchev–Trinajstić information content (AvgIpc) is 2.53. The molecule has 1 atom stereocenters. The molecule has 0 amide bonds. The molecule has 2 aromatic rings. The first-order chi connectivity index (χ1) is 9.74. The van der Waals surface area contributed by atoms with Crippen LogP contribution in [-0.2, 0) is 0 Å². The third-order valence-electron chi connectivity index (χ3n) is 2.97. The normalized spacial score (nSPS) is 11.8. The van der Waals surface area contributed by atoms with E-state index in [2.05, 4.69) is 0 Å². The van der Waals surface area contributed by atoms with Gasteiger partial charge < -0.3 is 19.3 Å². The molecule has 0 spiro atoms. The third kappa shape index (κ3) is 3.42. The predicted octanol–water partition coefficient (Wildman–Crippen LogP) is 2.82. The van der Waals surface area contributed by atoms with Gasteiger partial charge in [0.25, 0.3) is 0 Å². The summed E-state index contributed by atoms with van der Waals surface area (Å²) in [6.07, 6.45) is -0.742. The van der Waals surface area contributed by atoms with Crippen molar-refractivity contribution < 1.29 is 19.3 Å². The fourth-order valence-electron chi connectivity index (χ4n) is 1.88. The zero-order valence-electron chi connectivity index (χ0n) is 11.6. The van der Waals surface area contributed by atoms with E-state index in [9.17, 15) is 5.11 Å². The van der Waals surface area contributed by atoms with Crippen molar-refractivity contribution in [2.24, 2.45) is 0 Å². The van der Waals surface area contributed by atoms with Crippen LogP contribution in [0.2, 0.25) is 0 Å². The molecule has 2 rings (SSSR count). The van der Waals surface area contributed by atoms with Crippen molar-refractivity contribution in [1.82, 2.24) is 0 Å². The van der Waals surface area contributed by atoms with Gasteiger partial charge in [0.2, 0.25) is 0 Å². The molecule has 0 saturated heterocycles. The Hall–Kier alpha value is -2.20. The molecule has 0 saturated carbocycles. The minimum Gasteiger partial charge on any atom is -0.497 e. The minimum atomic E-state index is -0.742. The van der Waals surface area contributed by atoms with Crippen molar-refractivity contribution in [3.63, 3.8) is 0 Å². The number of hydrogen-bond acceptors (Lipinski definition) is 4. The first kappa shape index (κ1) is 14.2. The lowest BCUT2D eigenvalue weighted by atomic mass is 10.1. The van der Waals surface area contributed by atoms with E-state index in [-0.39, 0.29) is 6.61 Å². The van der Waals surface area contributed by atoms with Gasteiger partial charge >= 0.3 is 0 Å². The van der Waals surface area contributed by atoms with Crippen molar-refractivity contribution in [1.29, 1.82) is 0 Å². The van der Waals surface area contributed by atoms with Crippen molar-refractivity contribution >= 4 is 0 Å². The Morgan fingerprint density at radius 2 is 1.55 bits per heavy atom. The molecule has 0 aliphatic rings. The molecule has 0 heterocycles. The fourth-order valence-corrected chi connectivity index (χ4v) is 1.88. The number of para-hydroxylation sites is 1. The number of hydrogen-bond donors (Lipinski definition) is 1. The quantitative estimate of drug-likeness (QED) is 0.880. The summed E-state index contributed by atoms with van der Waals surface area (Å²) in [5.74, 6) is 2.10. The maximum Gasteiger partial charge on any atom is 0.124 e. The number of methoxy groups -OCH3 is 2. The van der Waals surface area contributed by atoms with E-state index in [1.807, 2.05) is 36.4 Å². The number of ether oxygens (including phenoxy) is 3. The Morgan fingerprint density at radius 3 is 2.20 bits per heavy atom. The molecule has 106 valence electrons. The Kier molecular flexibility index (Phi) is 4.85. The number of aliphatic hydroxyl groups is 1. The van der Waals surface area contributed by atoms with Gasteiger partial charge in [-0.3, -0.25) is 0 Å². The molecular formula is C16H18O4. The SMILES string of the molecule is COc1ccc(OCC(O)c2ccccc2OC)cc1. The second kappa shape index (κ2) is 6.82. The molecular weight excluding hydrogens is 256 g/mol. The molecule has 2 aromatic carbocycles. The summed E-state index contributed by atoms with van der Waals surface area (Å²) in [6.45, 7) is 0.159. The highest BCUT2D eigenvalue weighted by Gasteiger charge is 2.13. The van der Waals surface area contributed by atoms with Crippen LogP contribution in [0.1, 0.15) is 11.7 Å². The van der Waals surface area contributed by atoms with Gasteiger partial charge in [-0.15, -0.1) is 0 Å². The Balaban J connectivity index is 1.98. The van der Waals surface area contributed by atoms with E-state index >= 15 is 0 Å². The van der Waals surface area contributed by atoms with Gasteiger partial charge in [-0.25, -0.2) is 0 Å². The van der Waals surface area contributed by atoms with E-state index in [4.69, 9.17) is 14.2 Å². The highest BCUT2D eigenvalue weighted by Crippen LogP contribution is 2.25. The van der Waals surface area contributed by atoms with E-state index in [1.165, 1.54) is 0 Å². The van der Waals surface area contributed by atoms with Gasteiger partial charge in [-0.2, -0.15) is 0 Å². The van der Waals surface area contributed by atoms with Crippen LogP contribution >= 0.6 is 0 Å². The van der Waals surface area contributed by atoms with Gasteiger partial charge in [0.1, 0.15) is 30.0 Å². The van der Waals surface area contributed by atoms with Crippen molar-refractivity contribution in [2.75, 3.05) is 20.8 Å². The summed E-state index contributed by atoms with van der Waals surface area (Å²) in [5.41, 5.74) is 0.712. The summed E-state index contributed by atoms with van der Waals surface area (Å²) in [7, 11) is 3.19. The Morgan fingerprint density at radius 1 is 0.900 bits per heavy atom. The van der Waals surface area contributed by atoms with Crippen LogP contribution in [0.15, 0.2) is 48.5 Å². The van der Waals surface area contributed by atoms with Gasteiger partial charge in [0.05, 0.1) is 14.2 Å². The van der Waals surface area contributed by atoms with Crippen molar-refractivity contribution in [2.45, 2.75) is 6.10 Å². The molecule has 0 aliphatic heterocycles. The molecule has 0 radical (unpaired) electrons. The van der Waals surface area contributed by atoms with Crippen LogP contribution in [-0.4, -0.2) is 25.9 Å². The van der Waals surface area contributed by atoms with Crippen LogP contribution in [0.3, 0.4) is 0 Å².